The summed E-state index contributed by atoms with van der Waals surface area (Å²) < 4.78 is 18.9. The molecule has 5 heteroatoms. The first-order valence-corrected chi connectivity index (χ1v) is 8.57. The van der Waals surface area contributed by atoms with E-state index >= 15 is 0 Å². The molecule has 0 bridgehead atoms. The van der Waals surface area contributed by atoms with Crippen molar-refractivity contribution < 1.29 is 13.9 Å². The largest absolute Gasteiger partial charge is 0.381 e. The fraction of sp³-hybridized carbons (Fsp3) is 0.611. The number of carbonyl (C=O) groups excluding carboxylic acids is 1. The van der Waals surface area contributed by atoms with E-state index in [0.29, 0.717) is 25.4 Å². The fourth-order valence-electron chi connectivity index (χ4n) is 3.52. The Morgan fingerprint density at radius 2 is 2.17 bits per heavy atom. The average Bonchev–Trinajstić information content (AvgIpc) is 2.60. The third-order valence-corrected chi connectivity index (χ3v) is 4.90. The van der Waals surface area contributed by atoms with E-state index in [1.807, 2.05) is 11.0 Å². The summed E-state index contributed by atoms with van der Waals surface area (Å²) in [6.45, 7) is 3.81. The van der Waals surface area contributed by atoms with E-state index < -0.39 is 0 Å². The number of amides is 1. The molecule has 0 radical (unpaired) electrons. The Labute approximate surface area is 137 Å². The van der Waals surface area contributed by atoms with Gasteiger partial charge in [-0.25, -0.2) is 4.39 Å². The molecule has 2 aliphatic heterocycles. The molecule has 3 rings (SSSR count). The number of nitrogens with one attached hydrogen (secondary N) is 1. The van der Waals surface area contributed by atoms with Gasteiger partial charge in [0.1, 0.15) is 5.82 Å². The molecule has 2 fully saturated rings. The minimum absolute atomic E-state index is 0.0679. The molecule has 2 aliphatic rings. The van der Waals surface area contributed by atoms with Gasteiger partial charge in [-0.05, 0) is 42.9 Å². The van der Waals surface area contributed by atoms with E-state index in [-0.39, 0.29) is 17.8 Å². The molecule has 1 unspecified atom stereocenters. The number of nitrogens with zero attached hydrogens (tertiary/aromatic N) is 1. The van der Waals surface area contributed by atoms with Crippen LogP contribution in [0.3, 0.4) is 0 Å². The zero-order valence-electron chi connectivity index (χ0n) is 13.5. The number of halogens is 1. The molecule has 4 nitrogen and oxygen atoms in total. The summed E-state index contributed by atoms with van der Waals surface area (Å²) in [5.41, 5.74) is 0.872. The molecule has 0 aliphatic carbocycles. The number of carbonyl (C=O) groups is 1. The van der Waals surface area contributed by atoms with E-state index in [0.717, 1.165) is 44.6 Å². The smallest absolute Gasteiger partial charge is 0.223 e. The van der Waals surface area contributed by atoms with Gasteiger partial charge in [-0.3, -0.25) is 4.79 Å². The topological polar surface area (TPSA) is 41.6 Å². The molecule has 2 saturated heterocycles. The molecule has 1 aromatic rings. The minimum atomic E-state index is -0.248. The monoisotopic (exact) mass is 320 g/mol. The van der Waals surface area contributed by atoms with Crippen LogP contribution in [0.1, 0.15) is 37.3 Å². The average molecular weight is 320 g/mol. The number of rotatable bonds is 4. The van der Waals surface area contributed by atoms with Crippen molar-refractivity contribution in [1.29, 1.82) is 0 Å². The highest BCUT2D eigenvalue weighted by Gasteiger charge is 2.28. The highest BCUT2D eigenvalue weighted by molar-refractivity contribution is 5.77. The first-order chi connectivity index (χ1) is 11.2. The van der Waals surface area contributed by atoms with Crippen molar-refractivity contribution in [2.45, 2.75) is 31.7 Å². The maximum Gasteiger partial charge on any atom is 0.223 e. The predicted molar refractivity (Wildman–Crippen MR) is 86.5 cm³/mol. The van der Waals surface area contributed by atoms with Gasteiger partial charge in [-0.15, -0.1) is 0 Å². The van der Waals surface area contributed by atoms with E-state index in [1.165, 1.54) is 12.1 Å². The Bertz CT molecular complexity index is 532. The molecular formula is C18H25FN2O2. The van der Waals surface area contributed by atoms with Gasteiger partial charge in [-0.2, -0.15) is 0 Å². The van der Waals surface area contributed by atoms with E-state index in [4.69, 9.17) is 4.74 Å². The second kappa shape index (κ2) is 7.88. The Kier molecular flexibility index (Phi) is 5.62. The molecule has 1 aromatic carbocycles. The van der Waals surface area contributed by atoms with Crippen molar-refractivity contribution >= 4 is 5.91 Å². The summed E-state index contributed by atoms with van der Waals surface area (Å²) >= 11 is 0. The van der Waals surface area contributed by atoms with Gasteiger partial charge in [0.2, 0.25) is 5.91 Å². The lowest BCUT2D eigenvalue weighted by molar-refractivity contribution is -0.135. The van der Waals surface area contributed by atoms with Crippen LogP contribution in [0.25, 0.3) is 0 Å². The molecule has 0 saturated carbocycles. The van der Waals surface area contributed by atoms with E-state index in [9.17, 15) is 9.18 Å². The van der Waals surface area contributed by atoms with Crippen LogP contribution in [-0.4, -0.2) is 43.7 Å². The van der Waals surface area contributed by atoms with Gasteiger partial charge in [0.15, 0.2) is 0 Å². The normalized spacial score (nSPS) is 23.0. The zero-order valence-corrected chi connectivity index (χ0v) is 13.5. The summed E-state index contributed by atoms with van der Waals surface area (Å²) in [5, 5.41) is 3.31. The SMILES string of the molecule is O=C(CCC1CCOCC1)N1CCNCC1c1cccc(F)c1. The third kappa shape index (κ3) is 4.30. The molecule has 1 atom stereocenters. The first kappa shape index (κ1) is 16.4. The third-order valence-electron chi connectivity index (χ3n) is 4.90. The van der Waals surface area contributed by atoms with E-state index in [2.05, 4.69) is 5.32 Å². The number of ether oxygens (including phenoxy) is 1. The highest BCUT2D eigenvalue weighted by Crippen LogP contribution is 2.26. The summed E-state index contributed by atoms with van der Waals surface area (Å²) in [6.07, 6.45) is 3.63. The molecule has 0 spiro atoms. The molecule has 2 heterocycles. The maximum absolute atomic E-state index is 13.5. The quantitative estimate of drug-likeness (QED) is 0.927. The van der Waals surface area contributed by atoms with Crippen molar-refractivity contribution in [1.82, 2.24) is 10.2 Å². The van der Waals surface area contributed by atoms with Crippen LogP contribution in [0.4, 0.5) is 4.39 Å². The number of benzene rings is 1. The van der Waals surface area contributed by atoms with Crippen molar-refractivity contribution in [3.8, 4) is 0 Å². The molecule has 23 heavy (non-hydrogen) atoms. The van der Waals surface area contributed by atoms with Crippen molar-refractivity contribution in [2.75, 3.05) is 32.8 Å². The second-order valence-electron chi connectivity index (χ2n) is 6.46. The molecular weight excluding hydrogens is 295 g/mol. The summed E-state index contributed by atoms with van der Waals surface area (Å²) in [4.78, 5) is 14.6. The zero-order chi connectivity index (χ0) is 16.1. The second-order valence-corrected chi connectivity index (χ2v) is 6.46. The summed E-state index contributed by atoms with van der Waals surface area (Å²) in [7, 11) is 0. The molecule has 1 N–H and O–H groups in total. The lowest BCUT2D eigenvalue weighted by Gasteiger charge is -2.37. The van der Waals surface area contributed by atoms with Crippen LogP contribution in [0.5, 0.6) is 0 Å². The Balaban J connectivity index is 1.62. The Morgan fingerprint density at radius 1 is 1.35 bits per heavy atom. The predicted octanol–water partition coefficient (Wildman–Crippen LogP) is 2.51. The number of hydrogen-bond donors (Lipinski definition) is 1. The fourth-order valence-corrected chi connectivity index (χ4v) is 3.52. The van der Waals surface area contributed by atoms with Crippen LogP contribution in [-0.2, 0) is 9.53 Å². The van der Waals surface area contributed by atoms with Crippen molar-refractivity contribution in [3.05, 3.63) is 35.6 Å². The standard InChI is InChI=1S/C18H25FN2O2/c19-16-3-1-2-15(12-16)17-13-20-8-9-21(17)18(22)5-4-14-6-10-23-11-7-14/h1-3,12,14,17,20H,4-11,13H2. The minimum Gasteiger partial charge on any atom is -0.381 e. The highest BCUT2D eigenvalue weighted by atomic mass is 19.1. The number of piperazine rings is 1. The van der Waals surface area contributed by atoms with Crippen molar-refractivity contribution in [3.63, 3.8) is 0 Å². The Hall–Kier alpha value is -1.46. The summed E-state index contributed by atoms with van der Waals surface area (Å²) in [5.74, 6) is 0.540. The van der Waals surface area contributed by atoms with Gasteiger partial charge < -0.3 is 15.0 Å². The maximum atomic E-state index is 13.5. The van der Waals surface area contributed by atoms with Crippen LogP contribution < -0.4 is 5.32 Å². The van der Waals surface area contributed by atoms with Crippen LogP contribution in [0, 0.1) is 11.7 Å². The lowest BCUT2D eigenvalue weighted by Crippen LogP contribution is -2.48. The van der Waals surface area contributed by atoms with Crippen LogP contribution in [0.15, 0.2) is 24.3 Å². The molecule has 1 amide bonds. The van der Waals surface area contributed by atoms with Crippen molar-refractivity contribution in [2.24, 2.45) is 5.92 Å². The van der Waals surface area contributed by atoms with Gasteiger partial charge >= 0.3 is 0 Å². The van der Waals surface area contributed by atoms with Gasteiger partial charge in [0.05, 0.1) is 6.04 Å². The summed E-state index contributed by atoms with van der Waals surface area (Å²) in [6, 6.07) is 6.53. The lowest BCUT2D eigenvalue weighted by atomic mass is 9.94. The molecule has 0 aromatic heterocycles. The Morgan fingerprint density at radius 3 is 2.96 bits per heavy atom. The first-order valence-electron chi connectivity index (χ1n) is 8.57. The van der Waals surface area contributed by atoms with Gasteiger partial charge in [0.25, 0.3) is 0 Å². The van der Waals surface area contributed by atoms with Gasteiger partial charge in [-0.1, -0.05) is 12.1 Å². The van der Waals surface area contributed by atoms with E-state index in [1.54, 1.807) is 6.07 Å². The molecule has 126 valence electrons. The van der Waals surface area contributed by atoms with Crippen LogP contribution in [0.2, 0.25) is 0 Å². The van der Waals surface area contributed by atoms with Gasteiger partial charge in [0, 0.05) is 39.3 Å². The van der Waals surface area contributed by atoms with Crippen LogP contribution >= 0.6 is 0 Å². The number of hydrogen-bond acceptors (Lipinski definition) is 3.